The fraction of sp³-hybridized carbons (Fsp3) is 0.182. The Morgan fingerprint density at radius 2 is 2.03 bits per heavy atom. The van der Waals surface area contributed by atoms with E-state index >= 15 is 0 Å². The van der Waals surface area contributed by atoms with Crippen LogP contribution in [0.15, 0.2) is 60.3 Å². The van der Waals surface area contributed by atoms with E-state index in [1.165, 1.54) is 0 Å². The summed E-state index contributed by atoms with van der Waals surface area (Å²) in [6.45, 7) is 2.03. The summed E-state index contributed by atoms with van der Waals surface area (Å²) in [5.74, 6) is 0.718. The second kappa shape index (κ2) is 7.60. The zero-order valence-electron chi connectivity index (χ0n) is 17.0. The Labute approximate surface area is 177 Å². The minimum atomic E-state index is -0.596. The van der Waals surface area contributed by atoms with Gasteiger partial charge >= 0.3 is 5.97 Å². The summed E-state index contributed by atoms with van der Waals surface area (Å²) in [6, 6.07) is 14.7. The van der Waals surface area contributed by atoms with Gasteiger partial charge in [-0.3, -0.25) is 0 Å². The summed E-state index contributed by atoms with van der Waals surface area (Å²) in [7, 11) is 1.62. The highest BCUT2D eigenvalue weighted by Gasteiger charge is 2.38. The Balaban J connectivity index is 1.79. The Bertz CT molecular complexity index is 1290. The highest BCUT2D eigenvalue weighted by molar-refractivity contribution is 6.03. The number of hydrogen-bond donors (Lipinski definition) is 2. The average Bonchev–Trinajstić information content (AvgIpc) is 3.45. The number of H-pyrrole nitrogens is 1. The maximum Gasteiger partial charge on any atom is 0.338 e. The number of benzene rings is 2. The van der Waals surface area contributed by atoms with Crippen molar-refractivity contribution in [1.29, 1.82) is 0 Å². The predicted octanol–water partition coefficient (Wildman–Crippen LogP) is 3.15. The minimum absolute atomic E-state index is 0.251. The monoisotopic (exact) mass is 416 g/mol. The van der Waals surface area contributed by atoms with Crippen LogP contribution < -0.4 is 10.1 Å². The van der Waals surface area contributed by atoms with Gasteiger partial charge in [0.15, 0.2) is 0 Å². The largest absolute Gasteiger partial charge is 0.497 e. The number of aromatic nitrogens is 5. The van der Waals surface area contributed by atoms with Gasteiger partial charge in [0.1, 0.15) is 11.8 Å². The van der Waals surface area contributed by atoms with Crippen LogP contribution in [0.2, 0.25) is 0 Å². The van der Waals surface area contributed by atoms with E-state index in [2.05, 4.69) is 25.8 Å². The van der Waals surface area contributed by atoms with Crippen LogP contribution in [0, 0.1) is 0 Å². The molecule has 156 valence electrons. The SMILES string of the molecule is CCOC(=O)C1=C(c2ccccc2)Nc2nnnn2C1c1c[nH]c2ccc(OC)cc12. The van der Waals surface area contributed by atoms with Crippen molar-refractivity contribution in [2.75, 3.05) is 19.0 Å². The predicted molar refractivity (Wildman–Crippen MR) is 114 cm³/mol. The molecule has 3 heterocycles. The molecule has 31 heavy (non-hydrogen) atoms. The standard InChI is InChI=1S/C22H20N6O3/c1-3-31-21(29)18-19(13-7-5-4-6-8-13)24-22-25-26-27-28(22)20(18)16-12-23-17-10-9-14(30-2)11-15(16)17/h4-12,20,23H,3H2,1-2H3,(H,24,25,27). The Hall–Kier alpha value is -4.14. The highest BCUT2D eigenvalue weighted by atomic mass is 16.5. The minimum Gasteiger partial charge on any atom is -0.497 e. The van der Waals surface area contributed by atoms with E-state index in [1.807, 2.05) is 54.7 Å². The third-order valence-electron chi connectivity index (χ3n) is 5.29. The number of tetrazole rings is 1. The van der Waals surface area contributed by atoms with Crippen LogP contribution in [0.4, 0.5) is 5.95 Å². The highest BCUT2D eigenvalue weighted by Crippen LogP contribution is 2.41. The van der Waals surface area contributed by atoms with E-state index in [4.69, 9.17) is 9.47 Å². The molecule has 0 spiro atoms. The van der Waals surface area contributed by atoms with Crippen LogP contribution in [0.3, 0.4) is 0 Å². The summed E-state index contributed by atoms with van der Waals surface area (Å²) >= 11 is 0. The number of carbonyl (C=O) groups is 1. The molecule has 0 saturated heterocycles. The Kier molecular flexibility index (Phi) is 4.62. The van der Waals surface area contributed by atoms with Crippen molar-refractivity contribution in [2.24, 2.45) is 0 Å². The Morgan fingerprint density at radius 1 is 1.19 bits per heavy atom. The van der Waals surface area contributed by atoms with E-state index in [9.17, 15) is 4.79 Å². The average molecular weight is 416 g/mol. The van der Waals surface area contributed by atoms with Crippen LogP contribution >= 0.6 is 0 Å². The van der Waals surface area contributed by atoms with Gasteiger partial charge in [-0.2, -0.15) is 4.68 Å². The van der Waals surface area contributed by atoms with Crippen molar-refractivity contribution >= 4 is 28.5 Å². The quantitative estimate of drug-likeness (QED) is 0.481. The molecule has 0 saturated carbocycles. The fourth-order valence-electron chi connectivity index (χ4n) is 3.90. The number of anilines is 1. The molecule has 0 bridgehead atoms. The number of carbonyl (C=O) groups excluding carboxylic acids is 1. The number of nitrogens with zero attached hydrogens (tertiary/aromatic N) is 4. The zero-order valence-corrected chi connectivity index (χ0v) is 17.0. The fourth-order valence-corrected chi connectivity index (χ4v) is 3.90. The number of esters is 1. The molecule has 2 aromatic carbocycles. The van der Waals surface area contributed by atoms with Crippen molar-refractivity contribution < 1.29 is 14.3 Å². The number of methoxy groups -OCH3 is 1. The van der Waals surface area contributed by atoms with Crippen molar-refractivity contribution in [3.05, 3.63) is 71.4 Å². The molecule has 0 aliphatic carbocycles. The smallest absolute Gasteiger partial charge is 0.338 e. The molecule has 9 nitrogen and oxygen atoms in total. The molecule has 4 aromatic rings. The normalized spacial score (nSPS) is 15.5. The van der Waals surface area contributed by atoms with E-state index < -0.39 is 12.0 Å². The van der Waals surface area contributed by atoms with Gasteiger partial charge in [-0.25, -0.2) is 4.79 Å². The molecule has 0 amide bonds. The second-order valence-corrected chi connectivity index (χ2v) is 7.01. The van der Waals surface area contributed by atoms with Crippen molar-refractivity contribution in [1.82, 2.24) is 25.2 Å². The molecular formula is C22H20N6O3. The van der Waals surface area contributed by atoms with Crippen LogP contribution in [0.25, 0.3) is 16.6 Å². The third-order valence-corrected chi connectivity index (χ3v) is 5.29. The molecule has 2 N–H and O–H groups in total. The maximum atomic E-state index is 13.2. The topological polar surface area (TPSA) is 107 Å². The van der Waals surface area contributed by atoms with Crippen LogP contribution in [0.1, 0.15) is 24.1 Å². The second-order valence-electron chi connectivity index (χ2n) is 7.01. The van der Waals surface area contributed by atoms with Crippen LogP contribution in [-0.2, 0) is 9.53 Å². The van der Waals surface area contributed by atoms with Crippen molar-refractivity contribution in [2.45, 2.75) is 13.0 Å². The lowest BCUT2D eigenvalue weighted by Crippen LogP contribution is -2.29. The first-order valence-corrected chi connectivity index (χ1v) is 9.88. The van der Waals surface area contributed by atoms with E-state index in [1.54, 1.807) is 18.7 Å². The summed E-state index contributed by atoms with van der Waals surface area (Å²) in [4.78, 5) is 16.5. The number of fused-ring (bicyclic) bond motifs is 2. The van der Waals surface area contributed by atoms with Gasteiger partial charge in [0.05, 0.1) is 25.0 Å². The molecule has 1 unspecified atom stereocenters. The van der Waals surface area contributed by atoms with Gasteiger partial charge in [-0.1, -0.05) is 35.4 Å². The summed E-state index contributed by atoms with van der Waals surface area (Å²) < 4.78 is 12.5. The van der Waals surface area contributed by atoms with Gasteiger partial charge in [0, 0.05) is 22.7 Å². The molecule has 1 aliphatic rings. The first kappa shape index (κ1) is 18.9. The molecule has 9 heteroatoms. The van der Waals surface area contributed by atoms with Crippen LogP contribution in [-0.4, -0.2) is 44.9 Å². The van der Waals surface area contributed by atoms with Gasteiger partial charge in [0.2, 0.25) is 5.95 Å². The number of hydrogen-bond acceptors (Lipinski definition) is 7. The van der Waals surface area contributed by atoms with Crippen LogP contribution in [0.5, 0.6) is 5.75 Å². The lowest BCUT2D eigenvalue weighted by Gasteiger charge is -2.28. The summed E-state index contributed by atoms with van der Waals surface area (Å²) in [6.07, 6.45) is 1.87. The maximum absolute atomic E-state index is 13.2. The molecule has 1 atom stereocenters. The number of nitrogens with one attached hydrogen (secondary N) is 2. The van der Waals surface area contributed by atoms with Gasteiger partial charge in [-0.05, 0) is 41.1 Å². The van der Waals surface area contributed by atoms with E-state index in [0.29, 0.717) is 23.0 Å². The van der Waals surface area contributed by atoms with Crippen molar-refractivity contribution in [3.8, 4) is 5.75 Å². The van der Waals surface area contributed by atoms with Gasteiger partial charge in [-0.15, -0.1) is 0 Å². The van der Waals surface area contributed by atoms with E-state index in [0.717, 1.165) is 22.0 Å². The summed E-state index contributed by atoms with van der Waals surface area (Å²) in [5, 5.41) is 16.2. The Morgan fingerprint density at radius 3 is 2.81 bits per heavy atom. The molecule has 1 aliphatic heterocycles. The summed E-state index contributed by atoms with van der Waals surface area (Å²) in [5.41, 5.74) is 3.62. The lowest BCUT2D eigenvalue weighted by atomic mass is 9.92. The number of rotatable bonds is 5. The zero-order chi connectivity index (χ0) is 21.4. The lowest BCUT2D eigenvalue weighted by molar-refractivity contribution is -0.138. The molecule has 0 fully saturated rings. The first-order valence-electron chi connectivity index (χ1n) is 9.88. The molecule has 0 radical (unpaired) electrons. The van der Waals surface area contributed by atoms with E-state index in [-0.39, 0.29) is 6.61 Å². The van der Waals surface area contributed by atoms with Gasteiger partial charge in [0.25, 0.3) is 0 Å². The van der Waals surface area contributed by atoms with Gasteiger partial charge < -0.3 is 19.8 Å². The molecule has 2 aromatic heterocycles. The molecule has 5 rings (SSSR count). The van der Waals surface area contributed by atoms with Crippen molar-refractivity contribution in [3.63, 3.8) is 0 Å². The number of aromatic amines is 1. The third kappa shape index (κ3) is 3.10. The number of ether oxygens (including phenoxy) is 2. The molecular weight excluding hydrogens is 396 g/mol. The first-order chi connectivity index (χ1) is 15.2.